The van der Waals surface area contributed by atoms with E-state index in [1.165, 1.54) is 13.0 Å². The van der Waals surface area contributed by atoms with Gasteiger partial charge < -0.3 is 10.1 Å². The molecule has 1 aromatic carbocycles. The third-order valence-corrected chi connectivity index (χ3v) is 4.12. The van der Waals surface area contributed by atoms with Crippen LogP contribution >= 0.6 is 0 Å². The van der Waals surface area contributed by atoms with E-state index >= 15 is 0 Å². The number of carbonyl (C=O) groups excluding carboxylic acids is 2. The standard InChI is InChI=1S/C16H24N2O5S/c1-12(19)13-7-6-8-14(11-13)18(24(5,21)22)10-9-17-15(20)23-16(2,3)4/h6-8,11H,9-10H2,1-5H3,(H,17,20). The molecule has 0 saturated heterocycles. The molecule has 0 aromatic heterocycles. The van der Waals surface area contributed by atoms with Crippen LogP contribution in [0.3, 0.4) is 0 Å². The lowest BCUT2D eigenvalue weighted by molar-refractivity contribution is 0.0529. The van der Waals surface area contributed by atoms with Crippen LogP contribution < -0.4 is 9.62 Å². The molecule has 8 heteroatoms. The quantitative estimate of drug-likeness (QED) is 0.789. The zero-order chi connectivity index (χ0) is 18.5. The number of hydrogen-bond acceptors (Lipinski definition) is 5. The third kappa shape index (κ3) is 6.57. The summed E-state index contributed by atoms with van der Waals surface area (Å²) < 4.78 is 30.3. The first-order valence-electron chi connectivity index (χ1n) is 7.46. The van der Waals surface area contributed by atoms with Crippen LogP contribution in [-0.4, -0.2) is 45.2 Å². The predicted molar refractivity (Wildman–Crippen MR) is 92.9 cm³/mol. The second-order valence-corrected chi connectivity index (χ2v) is 8.28. The average molecular weight is 356 g/mol. The molecule has 0 heterocycles. The van der Waals surface area contributed by atoms with Crippen molar-refractivity contribution in [3.05, 3.63) is 29.8 Å². The van der Waals surface area contributed by atoms with Gasteiger partial charge in [-0.15, -0.1) is 0 Å². The van der Waals surface area contributed by atoms with Gasteiger partial charge in [0.1, 0.15) is 5.60 Å². The lowest BCUT2D eigenvalue weighted by Crippen LogP contribution is -2.40. The smallest absolute Gasteiger partial charge is 0.407 e. The molecule has 0 radical (unpaired) electrons. The van der Waals surface area contributed by atoms with Gasteiger partial charge in [0.15, 0.2) is 5.78 Å². The van der Waals surface area contributed by atoms with Gasteiger partial charge in [-0.05, 0) is 39.8 Å². The molecule has 0 saturated carbocycles. The van der Waals surface area contributed by atoms with Crippen LogP contribution in [0.1, 0.15) is 38.1 Å². The number of hydrogen-bond donors (Lipinski definition) is 1. The number of amides is 1. The summed E-state index contributed by atoms with van der Waals surface area (Å²) in [5, 5.41) is 2.51. The summed E-state index contributed by atoms with van der Waals surface area (Å²) >= 11 is 0. The van der Waals surface area contributed by atoms with Crippen molar-refractivity contribution in [1.29, 1.82) is 0 Å². The molecule has 24 heavy (non-hydrogen) atoms. The Morgan fingerprint density at radius 3 is 2.38 bits per heavy atom. The molecule has 1 rings (SSSR count). The highest BCUT2D eigenvalue weighted by molar-refractivity contribution is 7.92. The number of Topliss-reactive ketones (excluding diaryl/α,β-unsaturated/α-hetero) is 1. The molecule has 0 aliphatic rings. The number of nitrogens with one attached hydrogen (secondary N) is 1. The minimum absolute atomic E-state index is 0.0272. The monoisotopic (exact) mass is 356 g/mol. The maximum absolute atomic E-state index is 12.0. The molecule has 0 spiro atoms. The van der Waals surface area contributed by atoms with Crippen LogP contribution in [0.2, 0.25) is 0 Å². The zero-order valence-electron chi connectivity index (χ0n) is 14.6. The molecular weight excluding hydrogens is 332 g/mol. The minimum atomic E-state index is -3.56. The third-order valence-electron chi connectivity index (χ3n) is 2.92. The predicted octanol–water partition coefficient (Wildman–Crippen LogP) is 2.18. The number of nitrogens with zero attached hydrogens (tertiary/aromatic N) is 1. The second-order valence-electron chi connectivity index (χ2n) is 6.37. The van der Waals surface area contributed by atoms with Crippen molar-refractivity contribution in [1.82, 2.24) is 5.32 Å². The van der Waals surface area contributed by atoms with E-state index < -0.39 is 21.7 Å². The lowest BCUT2D eigenvalue weighted by atomic mass is 10.1. The van der Waals surface area contributed by atoms with E-state index in [1.54, 1.807) is 39.0 Å². The molecule has 1 amide bonds. The first-order valence-corrected chi connectivity index (χ1v) is 9.30. The van der Waals surface area contributed by atoms with Crippen molar-refractivity contribution in [2.75, 3.05) is 23.7 Å². The normalized spacial score (nSPS) is 11.7. The number of anilines is 1. The second kappa shape index (κ2) is 7.65. The van der Waals surface area contributed by atoms with Crippen molar-refractivity contribution in [3.63, 3.8) is 0 Å². The molecule has 0 bridgehead atoms. The Morgan fingerprint density at radius 1 is 1.25 bits per heavy atom. The summed E-state index contributed by atoms with van der Waals surface area (Å²) in [4.78, 5) is 23.1. The Bertz CT molecular complexity index is 707. The molecule has 134 valence electrons. The van der Waals surface area contributed by atoms with Crippen molar-refractivity contribution >= 4 is 27.6 Å². The summed E-state index contributed by atoms with van der Waals surface area (Å²) in [6.45, 7) is 6.73. The Balaban J connectivity index is 2.84. The number of rotatable bonds is 6. The summed E-state index contributed by atoms with van der Waals surface area (Å²) in [6, 6.07) is 6.34. The number of sulfonamides is 1. The van der Waals surface area contributed by atoms with Crippen molar-refractivity contribution < 1.29 is 22.7 Å². The van der Waals surface area contributed by atoms with E-state index in [4.69, 9.17) is 4.74 Å². The highest BCUT2D eigenvalue weighted by atomic mass is 32.2. The van der Waals surface area contributed by atoms with Crippen LogP contribution in [0.25, 0.3) is 0 Å². The fourth-order valence-corrected chi connectivity index (χ4v) is 2.86. The zero-order valence-corrected chi connectivity index (χ0v) is 15.4. The molecule has 0 aliphatic carbocycles. The first kappa shape index (κ1) is 20.0. The average Bonchev–Trinajstić information content (AvgIpc) is 2.40. The number of ketones is 1. The van der Waals surface area contributed by atoms with Gasteiger partial charge in [-0.1, -0.05) is 12.1 Å². The van der Waals surface area contributed by atoms with E-state index in [0.717, 1.165) is 10.6 Å². The summed E-state index contributed by atoms with van der Waals surface area (Å²) in [5.41, 5.74) is 0.161. The van der Waals surface area contributed by atoms with Crippen molar-refractivity contribution in [2.24, 2.45) is 0 Å². The Hall–Kier alpha value is -2.09. The minimum Gasteiger partial charge on any atom is -0.444 e. The first-order chi connectivity index (χ1) is 10.9. The molecule has 1 N–H and O–H groups in total. The molecule has 0 fully saturated rings. The van der Waals surface area contributed by atoms with Gasteiger partial charge in [0, 0.05) is 12.1 Å². The summed E-state index contributed by atoms with van der Waals surface area (Å²) in [7, 11) is -3.56. The van der Waals surface area contributed by atoms with Crippen LogP contribution in [0, 0.1) is 0 Å². The van der Waals surface area contributed by atoms with E-state index in [2.05, 4.69) is 5.32 Å². The summed E-state index contributed by atoms with van der Waals surface area (Å²) in [5.74, 6) is -0.155. The molecule has 1 aromatic rings. The van der Waals surface area contributed by atoms with E-state index in [1.807, 2.05) is 0 Å². The number of alkyl carbamates (subject to hydrolysis) is 1. The maximum atomic E-state index is 12.0. The van der Waals surface area contributed by atoms with Gasteiger partial charge in [-0.25, -0.2) is 13.2 Å². The van der Waals surface area contributed by atoms with Crippen LogP contribution in [0.4, 0.5) is 10.5 Å². The number of benzene rings is 1. The fraction of sp³-hybridized carbons (Fsp3) is 0.500. The molecule has 0 aliphatic heterocycles. The van der Waals surface area contributed by atoms with Gasteiger partial charge in [-0.3, -0.25) is 9.10 Å². The Morgan fingerprint density at radius 2 is 1.88 bits per heavy atom. The van der Waals surface area contributed by atoms with E-state index in [-0.39, 0.29) is 18.9 Å². The highest BCUT2D eigenvalue weighted by Gasteiger charge is 2.20. The van der Waals surface area contributed by atoms with Crippen molar-refractivity contribution in [2.45, 2.75) is 33.3 Å². The lowest BCUT2D eigenvalue weighted by Gasteiger charge is -2.24. The largest absolute Gasteiger partial charge is 0.444 e. The molecule has 7 nitrogen and oxygen atoms in total. The Kier molecular flexibility index (Phi) is 6.36. The van der Waals surface area contributed by atoms with Crippen molar-refractivity contribution in [3.8, 4) is 0 Å². The van der Waals surface area contributed by atoms with Gasteiger partial charge >= 0.3 is 6.09 Å². The fourth-order valence-electron chi connectivity index (χ4n) is 1.94. The van der Waals surface area contributed by atoms with Gasteiger partial charge in [0.25, 0.3) is 0 Å². The maximum Gasteiger partial charge on any atom is 0.407 e. The SMILES string of the molecule is CC(=O)c1cccc(N(CCNC(=O)OC(C)(C)C)S(C)(=O)=O)c1. The number of carbonyl (C=O) groups is 2. The highest BCUT2D eigenvalue weighted by Crippen LogP contribution is 2.19. The van der Waals surface area contributed by atoms with Crippen LogP contribution in [0.5, 0.6) is 0 Å². The molecule has 0 atom stereocenters. The van der Waals surface area contributed by atoms with Crippen LogP contribution in [-0.2, 0) is 14.8 Å². The van der Waals surface area contributed by atoms with Crippen LogP contribution in [0.15, 0.2) is 24.3 Å². The van der Waals surface area contributed by atoms with Gasteiger partial charge in [0.2, 0.25) is 10.0 Å². The van der Waals surface area contributed by atoms with E-state index in [0.29, 0.717) is 11.3 Å². The molecular formula is C16H24N2O5S. The number of ether oxygens (including phenoxy) is 1. The Labute approximate surface area is 143 Å². The summed E-state index contributed by atoms with van der Waals surface area (Å²) in [6.07, 6.45) is 0.453. The molecule has 0 unspecified atom stereocenters. The van der Waals surface area contributed by atoms with E-state index in [9.17, 15) is 18.0 Å². The topological polar surface area (TPSA) is 92.8 Å². The van der Waals surface area contributed by atoms with Gasteiger partial charge in [-0.2, -0.15) is 0 Å². The van der Waals surface area contributed by atoms with Gasteiger partial charge in [0.05, 0.1) is 18.5 Å².